The molecular formula is C17H23N5O2. The minimum Gasteiger partial charge on any atom is -0.361 e. The largest absolute Gasteiger partial charge is 0.361 e. The van der Waals surface area contributed by atoms with Gasteiger partial charge in [0, 0.05) is 30.5 Å². The summed E-state index contributed by atoms with van der Waals surface area (Å²) in [6.07, 6.45) is 4.81. The molecule has 1 atom stereocenters. The SMILES string of the molecule is Cc1noc(C)c1CC(=O)N1CCC[C@H](c2n[nH]c(C3CC3)n2)C1. The van der Waals surface area contributed by atoms with Crippen LogP contribution in [0.2, 0.25) is 0 Å². The molecule has 1 aliphatic carbocycles. The lowest BCUT2D eigenvalue weighted by molar-refractivity contribution is -0.131. The quantitative estimate of drug-likeness (QED) is 0.929. The van der Waals surface area contributed by atoms with E-state index in [0.717, 1.165) is 48.1 Å². The Morgan fingerprint density at radius 1 is 1.29 bits per heavy atom. The monoisotopic (exact) mass is 329 g/mol. The lowest BCUT2D eigenvalue weighted by atomic mass is 9.96. The molecule has 2 fully saturated rings. The number of piperidine rings is 1. The molecule has 0 spiro atoms. The number of carbonyl (C=O) groups excluding carboxylic acids is 1. The molecule has 2 aromatic heterocycles. The first kappa shape index (κ1) is 15.4. The lowest BCUT2D eigenvalue weighted by Gasteiger charge is -2.31. The van der Waals surface area contributed by atoms with Crippen molar-refractivity contribution in [2.75, 3.05) is 13.1 Å². The van der Waals surface area contributed by atoms with Crippen molar-refractivity contribution >= 4 is 5.91 Å². The van der Waals surface area contributed by atoms with Gasteiger partial charge in [0.15, 0.2) is 5.82 Å². The number of carbonyl (C=O) groups is 1. The summed E-state index contributed by atoms with van der Waals surface area (Å²) in [5.41, 5.74) is 1.72. The van der Waals surface area contributed by atoms with Crippen LogP contribution in [0, 0.1) is 13.8 Å². The van der Waals surface area contributed by atoms with E-state index in [1.54, 1.807) is 0 Å². The fourth-order valence-corrected chi connectivity index (χ4v) is 3.44. The number of aromatic nitrogens is 4. The third-order valence-corrected chi connectivity index (χ3v) is 5.13. The number of aryl methyl sites for hydroxylation is 2. The number of nitrogens with one attached hydrogen (secondary N) is 1. The van der Waals surface area contributed by atoms with E-state index in [4.69, 9.17) is 4.52 Å². The maximum atomic E-state index is 12.7. The highest BCUT2D eigenvalue weighted by Gasteiger charge is 2.31. The van der Waals surface area contributed by atoms with E-state index in [9.17, 15) is 4.79 Å². The highest BCUT2D eigenvalue weighted by molar-refractivity contribution is 5.79. The number of hydrogen-bond donors (Lipinski definition) is 1. The van der Waals surface area contributed by atoms with Crippen LogP contribution >= 0.6 is 0 Å². The highest BCUT2D eigenvalue weighted by Crippen LogP contribution is 2.38. The normalized spacial score (nSPS) is 21.2. The number of H-pyrrole nitrogens is 1. The third kappa shape index (κ3) is 2.95. The maximum absolute atomic E-state index is 12.7. The molecule has 0 unspecified atom stereocenters. The zero-order valence-electron chi connectivity index (χ0n) is 14.2. The average molecular weight is 329 g/mol. The van der Waals surface area contributed by atoms with E-state index in [1.165, 1.54) is 12.8 Å². The van der Waals surface area contributed by atoms with Crippen LogP contribution in [0.3, 0.4) is 0 Å². The van der Waals surface area contributed by atoms with Gasteiger partial charge in [0.05, 0.1) is 12.1 Å². The van der Waals surface area contributed by atoms with Crippen molar-refractivity contribution in [3.63, 3.8) is 0 Å². The summed E-state index contributed by atoms with van der Waals surface area (Å²) in [6, 6.07) is 0. The molecule has 0 aromatic carbocycles. The van der Waals surface area contributed by atoms with Crippen LogP contribution in [0.5, 0.6) is 0 Å². The summed E-state index contributed by atoms with van der Waals surface area (Å²) in [7, 11) is 0. The number of nitrogens with zero attached hydrogens (tertiary/aromatic N) is 4. The van der Waals surface area contributed by atoms with Crippen molar-refractivity contribution in [3.05, 3.63) is 28.7 Å². The minimum atomic E-state index is 0.132. The number of aromatic amines is 1. The summed E-state index contributed by atoms with van der Waals surface area (Å²) in [5.74, 6) is 3.56. The second-order valence-corrected chi connectivity index (χ2v) is 7.01. The van der Waals surface area contributed by atoms with Crippen molar-refractivity contribution in [1.29, 1.82) is 0 Å². The molecule has 3 heterocycles. The first-order valence-corrected chi connectivity index (χ1v) is 8.73. The molecule has 0 radical (unpaired) electrons. The van der Waals surface area contributed by atoms with Crippen molar-refractivity contribution in [3.8, 4) is 0 Å². The van der Waals surface area contributed by atoms with Gasteiger partial charge < -0.3 is 9.42 Å². The van der Waals surface area contributed by atoms with E-state index >= 15 is 0 Å². The fraction of sp³-hybridized carbons (Fsp3) is 0.647. The van der Waals surface area contributed by atoms with Crippen LogP contribution < -0.4 is 0 Å². The van der Waals surface area contributed by atoms with Gasteiger partial charge in [-0.2, -0.15) is 5.10 Å². The molecule has 1 saturated heterocycles. The second kappa shape index (κ2) is 6.03. The van der Waals surface area contributed by atoms with Gasteiger partial charge in [-0.05, 0) is 39.5 Å². The van der Waals surface area contributed by atoms with Crippen molar-refractivity contribution in [2.24, 2.45) is 0 Å². The van der Waals surface area contributed by atoms with Gasteiger partial charge in [0.25, 0.3) is 0 Å². The summed E-state index contributed by atoms with van der Waals surface area (Å²) in [5, 5.41) is 11.4. The van der Waals surface area contributed by atoms with E-state index in [0.29, 0.717) is 18.9 Å². The molecule has 1 N–H and O–H groups in total. The van der Waals surface area contributed by atoms with Crippen LogP contribution in [0.15, 0.2) is 4.52 Å². The zero-order valence-corrected chi connectivity index (χ0v) is 14.2. The Morgan fingerprint density at radius 3 is 2.83 bits per heavy atom. The second-order valence-electron chi connectivity index (χ2n) is 7.01. The number of amides is 1. The maximum Gasteiger partial charge on any atom is 0.227 e. The zero-order chi connectivity index (χ0) is 16.7. The predicted molar refractivity (Wildman–Crippen MR) is 86.6 cm³/mol. The van der Waals surface area contributed by atoms with Crippen molar-refractivity contribution in [2.45, 2.75) is 57.8 Å². The molecule has 7 nitrogen and oxygen atoms in total. The van der Waals surface area contributed by atoms with Gasteiger partial charge in [-0.3, -0.25) is 9.89 Å². The molecule has 0 bridgehead atoms. The molecule has 1 saturated carbocycles. The molecule has 2 aromatic rings. The van der Waals surface area contributed by atoms with Crippen LogP contribution in [0.25, 0.3) is 0 Å². The molecule has 1 amide bonds. The van der Waals surface area contributed by atoms with Gasteiger partial charge >= 0.3 is 0 Å². The summed E-state index contributed by atoms with van der Waals surface area (Å²) >= 11 is 0. The molecule has 2 aliphatic rings. The Kier molecular flexibility index (Phi) is 3.86. The van der Waals surface area contributed by atoms with Gasteiger partial charge in [-0.1, -0.05) is 5.16 Å². The van der Waals surface area contributed by atoms with E-state index in [2.05, 4.69) is 20.3 Å². The Labute approximate surface area is 140 Å². The summed E-state index contributed by atoms with van der Waals surface area (Å²) < 4.78 is 5.16. The van der Waals surface area contributed by atoms with E-state index in [1.807, 2.05) is 18.7 Å². The minimum absolute atomic E-state index is 0.132. The van der Waals surface area contributed by atoms with Crippen LogP contribution in [-0.4, -0.2) is 44.2 Å². The van der Waals surface area contributed by atoms with E-state index < -0.39 is 0 Å². The molecular weight excluding hydrogens is 306 g/mol. The van der Waals surface area contributed by atoms with E-state index in [-0.39, 0.29) is 11.8 Å². The number of likely N-dealkylation sites (tertiary alicyclic amines) is 1. The van der Waals surface area contributed by atoms with Gasteiger partial charge in [0.2, 0.25) is 5.91 Å². The molecule has 4 rings (SSSR count). The van der Waals surface area contributed by atoms with Crippen molar-refractivity contribution in [1.82, 2.24) is 25.2 Å². The molecule has 7 heteroatoms. The van der Waals surface area contributed by atoms with Crippen LogP contribution in [-0.2, 0) is 11.2 Å². The van der Waals surface area contributed by atoms with Crippen molar-refractivity contribution < 1.29 is 9.32 Å². The first-order chi connectivity index (χ1) is 11.6. The number of rotatable bonds is 4. The summed E-state index contributed by atoms with van der Waals surface area (Å²) in [4.78, 5) is 19.3. The number of hydrogen-bond acceptors (Lipinski definition) is 5. The highest BCUT2D eigenvalue weighted by atomic mass is 16.5. The molecule has 24 heavy (non-hydrogen) atoms. The average Bonchev–Trinajstić information content (AvgIpc) is 3.25. The van der Waals surface area contributed by atoms with Crippen LogP contribution in [0.1, 0.15) is 66.2 Å². The third-order valence-electron chi connectivity index (χ3n) is 5.13. The summed E-state index contributed by atoms with van der Waals surface area (Å²) in [6.45, 7) is 5.24. The fourth-order valence-electron chi connectivity index (χ4n) is 3.44. The van der Waals surface area contributed by atoms with Crippen LogP contribution in [0.4, 0.5) is 0 Å². The molecule has 1 aliphatic heterocycles. The molecule has 128 valence electrons. The first-order valence-electron chi connectivity index (χ1n) is 8.73. The Hall–Kier alpha value is -2.18. The standard InChI is InChI=1S/C17H23N5O2/c1-10-14(11(2)24-21-10)8-15(23)22-7-3-4-13(9-22)17-18-16(19-20-17)12-5-6-12/h12-13H,3-9H2,1-2H3,(H,18,19,20)/t13-/m0/s1. The van der Waals surface area contributed by atoms with Gasteiger partial charge in [0.1, 0.15) is 11.6 Å². The Balaban J connectivity index is 1.43. The van der Waals surface area contributed by atoms with Gasteiger partial charge in [-0.25, -0.2) is 4.98 Å². The Morgan fingerprint density at radius 2 is 2.12 bits per heavy atom. The Bertz CT molecular complexity index is 726. The smallest absolute Gasteiger partial charge is 0.227 e. The topological polar surface area (TPSA) is 87.9 Å². The lowest BCUT2D eigenvalue weighted by Crippen LogP contribution is -2.40. The van der Waals surface area contributed by atoms with Gasteiger partial charge in [-0.15, -0.1) is 0 Å². The predicted octanol–water partition coefficient (Wildman–Crippen LogP) is 2.24.